The maximum absolute atomic E-state index is 13.8. The highest BCUT2D eigenvalue weighted by molar-refractivity contribution is 9.10. The first-order valence-corrected chi connectivity index (χ1v) is 6.65. The Balaban J connectivity index is 2.46. The van der Waals surface area contributed by atoms with E-state index in [0.29, 0.717) is 10.0 Å². The number of nitrogens with two attached hydrogens (primary N) is 1. The van der Waals surface area contributed by atoms with Gasteiger partial charge in [-0.25, -0.2) is 8.78 Å². The van der Waals surface area contributed by atoms with Crippen molar-refractivity contribution in [3.8, 4) is 0 Å². The van der Waals surface area contributed by atoms with E-state index < -0.39 is 23.3 Å². The number of nitrogens with zero attached hydrogens (tertiary/aromatic N) is 1. The van der Waals surface area contributed by atoms with Crippen LogP contribution < -0.4 is 5.73 Å². The molecule has 1 heterocycles. The fourth-order valence-corrected chi connectivity index (χ4v) is 2.36. The lowest BCUT2D eigenvalue weighted by molar-refractivity contribution is 0.0243. The van der Waals surface area contributed by atoms with Crippen molar-refractivity contribution in [3.63, 3.8) is 0 Å². The second-order valence-electron chi connectivity index (χ2n) is 4.69. The van der Waals surface area contributed by atoms with Gasteiger partial charge in [-0.2, -0.15) is 0 Å². The average molecular weight is 343 g/mol. The maximum Gasteiger partial charge on any atom is 0.129 e. The van der Waals surface area contributed by atoms with Crippen molar-refractivity contribution in [2.24, 2.45) is 5.73 Å². The summed E-state index contributed by atoms with van der Waals surface area (Å²) >= 11 is 3.25. The Hall–Kier alpha value is -1.37. The molecule has 2 rings (SSSR count). The molecule has 0 saturated heterocycles. The van der Waals surface area contributed by atoms with Crippen molar-refractivity contribution in [1.29, 1.82) is 0 Å². The zero-order valence-corrected chi connectivity index (χ0v) is 12.2. The Kier molecular flexibility index (Phi) is 4.17. The van der Waals surface area contributed by atoms with Crippen molar-refractivity contribution in [1.82, 2.24) is 4.98 Å². The first-order valence-electron chi connectivity index (χ1n) is 5.86. The van der Waals surface area contributed by atoms with Gasteiger partial charge in [-0.05, 0) is 52.7 Å². The molecule has 0 spiro atoms. The summed E-state index contributed by atoms with van der Waals surface area (Å²) in [4.78, 5) is 3.95. The quantitative estimate of drug-likeness (QED) is 0.901. The van der Waals surface area contributed by atoms with Crippen LogP contribution in [0, 0.1) is 11.6 Å². The monoisotopic (exact) mass is 342 g/mol. The van der Waals surface area contributed by atoms with E-state index in [1.807, 2.05) is 0 Å². The molecule has 3 N–H and O–H groups in total. The van der Waals surface area contributed by atoms with Crippen LogP contribution >= 0.6 is 15.9 Å². The zero-order chi connectivity index (χ0) is 14.9. The molecule has 6 heteroatoms. The Labute approximate surface area is 123 Å². The highest BCUT2D eigenvalue weighted by atomic mass is 79.9. The lowest BCUT2D eigenvalue weighted by Crippen LogP contribution is -2.36. The van der Waals surface area contributed by atoms with Crippen LogP contribution in [0.25, 0.3) is 0 Å². The minimum atomic E-state index is -1.77. The molecule has 0 aliphatic rings. The smallest absolute Gasteiger partial charge is 0.129 e. The molecule has 0 fully saturated rings. The SMILES string of the molecule is C[C@](O)(c1cc(F)ccc1F)[C@H](N)c1cncc(Br)c1. The van der Waals surface area contributed by atoms with Crippen molar-refractivity contribution >= 4 is 15.9 Å². The summed E-state index contributed by atoms with van der Waals surface area (Å²) in [6.07, 6.45) is 3.04. The lowest BCUT2D eigenvalue weighted by Gasteiger charge is -2.31. The molecule has 3 nitrogen and oxygen atoms in total. The van der Waals surface area contributed by atoms with Crippen LogP contribution in [0.2, 0.25) is 0 Å². The summed E-state index contributed by atoms with van der Waals surface area (Å²) in [5.74, 6) is -1.35. The van der Waals surface area contributed by atoms with Crippen LogP contribution in [0.4, 0.5) is 8.78 Å². The molecule has 2 atom stereocenters. The summed E-state index contributed by atoms with van der Waals surface area (Å²) in [6, 6.07) is 3.61. The van der Waals surface area contributed by atoms with Crippen LogP contribution in [0.1, 0.15) is 24.1 Å². The Bertz CT molecular complexity index is 634. The largest absolute Gasteiger partial charge is 0.383 e. The Morgan fingerprint density at radius 3 is 2.65 bits per heavy atom. The molecular weight excluding hydrogens is 330 g/mol. The minimum absolute atomic E-state index is 0.190. The molecule has 0 unspecified atom stereocenters. The van der Waals surface area contributed by atoms with Gasteiger partial charge in [-0.3, -0.25) is 4.98 Å². The molecule has 2 aromatic rings. The number of halogens is 3. The van der Waals surface area contributed by atoms with E-state index in [-0.39, 0.29) is 5.56 Å². The predicted octanol–water partition coefficient (Wildman–Crippen LogP) is 3.03. The van der Waals surface area contributed by atoms with Gasteiger partial charge in [0, 0.05) is 22.4 Å². The van der Waals surface area contributed by atoms with Crippen LogP contribution in [-0.2, 0) is 5.60 Å². The average Bonchev–Trinajstić information content (AvgIpc) is 2.40. The molecule has 106 valence electrons. The molecule has 0 radical (unpaired) electrons. The normalized spacial score (nSPS) is 15.7. The van der Waals surface area contributed by atoms with Gasteiger partial charge in [0.15, 0.2) is 0 Å². The molecule has 1 aromatic carbocycles. The first-order chi connectivity index (χ1) is 9.32. The first kappa shape index (κ1) is 15.0. The summed E-state index contributed by atoms with van der Waals surface area (Å²) in [5.41, 5.74) is 4.54. The maximum atomic E-state index is 13.8. The lowest BCUT2D eigenvalue weighted by atomic mass is 9.85. The number of pyridine rings is 1. The zero-order valence-electron chi connectivity index (χ0n) is 10.6. The van der Waals surface area contributed by atoms with E-state index in [2.05, 4.69) is 20.9 Å². The molecule has 0 saturated carbocycles. The Morgan fingerprint density at radius 1 is 1.30 bits per heavy atom. The standard InChI is InChI=1S/C14H13BrF2N2O/c1-14(20,11-5-10(16)2-3-12(11)17)13(18)8-4-9(15)7-19-6-8/h2-7,13,20H,18H2,1H3/t13-,14+/m1/s1. The molecule has 0 amide bonds. The van der Waals surface area contributed by atoms with Gasteiger partial charge in [0.25, 0.3) is 0 Å². The second-order valence-corrected chi connectivity index (χ2v) is 5.60. The van der Waals surface area contributed by atoms with Gasteiger partial charge in [-0.15, -0.1) is 0 Å². The summed E-state index contributed by atoms with van der Waals surface area (Å²) in [5, 5.41) is 10.5. The number of rotatable bonds is 3. The summed E-state index contributed by atoms with van der Waals surface area (Å²) < 4.78 is 27.8. The van der Waals surface area contributed by atoms with Gasteiger partial charge >= 0.3 is 0 Å². The van der Waals surface area contributed by atoms with Gasteiger partial charge in [0.05, 0.1) is 6.04 Å². The number of benzene rings is 1. The minimum Gasteiger partial charge on any atom is -0.383 e. The van der Waals surface area contributed by atoms with Crippen LogP contribution in [0.15, 0.2) is 41.1 Å². The number of aliphatic hydroxyl groups is 1. The van der Waals surface area contributed by atoms with Crippen molar-refractivity contribution in [2.75, 3.05) is 0 Å². The van der Waals surface area contributed by atoms with Gasteiger partial charge in [-0.1, -0.05) is 0 Å². The third-order valence-corrected chi connectivity index (χ3v) is 3.60. The van der Waals surface area contributed by atoms with E-state index in [9.17, 15) is 13.9 Å². The highest BCUT2D eigenvalue weighted by Gasteiger charge is 2.35. The van der Waals surface area contributed by atoms with Crippen LogP contribution in [0.3, 0.4) is 0 Å². The Morgan fingerprint density at radius 2 is 2.00 bits per heavy atom. The highest BCUT2D eigenvalue weighted by Crippen LogP contribution is 2.35. The third-order valence-electron chi connectivity index (χ3n) is 3.16. The van der Waals surface area contributed by atoms with Crippen molar-refractivity contribution < 1.29 is 13.9 Å². The molecular formula is C14H13BrF2N2O. The second kappa shape index (κ2) is 5.55. The fraction of sp³-hybridized carbons (Fsp3) is 0.214. The summed E-state index contributed by atoms with van der Waals surface area (Å²) in [6.45, 7) is 1.34. The van der Waals surface area contributed by atoms with Crippen LogP contribution in [0.5, 0.6) is 0 Å². The molecule has 1 aromatic heterocycles. The van der Waals surface area contributed by atoms with E-state index in [0.717, 1.165) is 18.2 Å². The topological polar surface area (TPSA) is 59.1 Å². The van der Waals surface area contributed by atoms with E-state index >= 15 is 0 Å². The number of hydrogen-bond acceptors (Lipinski definition) is 3. The molecule has 20 heavy (non-hydrogen) atoms. The van der Waals surface area contributed by atoms with E-state index in [1.165, 1.54) is 13.1 Å². The molecule has 0 aliphatic carbocycles. The number of hydrogen-bond donors (Lipinski definition) is 2. The third kappa shape index (κ3) is 2.87. The number of aromatic nitrogens is 1. The fourth-order valence-electron chi connectivity index (χ4n) is 1.98. The van der Waals surface area contributed by atoms with Gasteiger partial charge < -0.3 is 10.8 Å². The van der Waals surface area contributed by atoms with Gasteiger partial charge in [0.1, 0.15) is 17.2 Å². The van der Waals surface area contributed by atoms with Gasteiger partial charge in [0.2, 0.25) is 0 Å². The van der Waals surface area contributed by atoms with Crippen molar-refractivity contribution in [2.45, 2.75) is 18.6 Å². The molecule has 0 aliphatic heterocycles. The summed E-state index contributed by atoms with van der Waals surface area (Å²) in [7, 11) is 0. The van der Waals surface area contributed by atoms with Crippen molar-refractivity contribution in [3.05, 3.63) is 63.9 Å². The van der Waals surface area contributed by atoms with E-state index in [4.69, 9.17) is 5.73 Å². The molecule has 0 bridgehead atoms. The van der Waals surface area contributed by atoms with Crippen LogP contribution in [-0.4, -0.2) is 10.1 Å². The van der Waals surface area contributed by atoms with E-state index in [1.54, 1.807) is 12.3 Å². The predicted molar refractivity (Wildman–Crippen MR) is 74.8 cm³/mol.